The number of imide groups is 1. The summed E-state index contributed by atoms with van der Waals surface area (Å²) in [5, 5.41) is 8.66. The molecule has 0 aliphatic carbocycles. The summed E-state index contributed by atoms with van der Waals surface area (Å²) >= 11 is 0. The van der Waals surface area contributed by atoms with Gasteiger partial charge in [-0.1, -0.05) is 13.0 Å². The Morgan fingerprint density at radius 1 is 1.40 bits per heavy atom. The van der Waals surface area contributed by atoms with Crippen LogP contribution >= 0.6 is 0 Å². The lowest BCUT2D eigenvalue weighted by atomic mass is 10.1. The first-order chi connectivity index (χ1) is 9.40. The molecule has 1 fully saturated rings. The number of benzene rings is 1. The summed E-state index contributed by atoms with van der Waals surface area (Å²) in [5.74, 6) is -1.79. The highest BCUT2D eigenvalue weighted by molar-refractivity contribution is 6.20. The summed E-state index contributed by atoms with van der Waals surface area (Å²) in [4.78, 5) is 35.6. The molecule has 5 heteroatoms. The Labute approximate surface area is 116 Å². The molecule has 20 heavy (non-hydrogen) atoms. The molecule has 1 heterocycles. The number of rotatable bonds is 3. The molecule has 1 N–H and O–H groups in total. The monoisotopic (exact) mass is 273 g/mol. The largest absolute Gasteiger partial charge is 0.478 e. The maximum atomic E-state index is 12.0. The van der Waals surface area contributed by atoms with Crippen molar-refractivity contribution in [1.82, 2.24) is 0 Å². The molecule has 1 atom stereocenters. The van der Waals surface area contributed by atoms with Crippen molar-refractivity contribution in [2.75, 3.05) is 4.90 Å². The van der Waals surface area contributed by atoms with E-state index in [-0.39, 0.29) is 24.2 Å². The fourth-order valence-corrected chi connectivity index (χ4v) is 2.16. The predicted octanol–water partition coefficient (Wildman–Crippen LogP) is 1.99. The van der Waals surface area contributed by atoms with Crippen LogP contribution in [0.5, 0.6) is 0 Å². The molecule has 1 saturated heterocycles. The number of carboxylic acid groups (broad SMARTS) is 1. The van der Waals surface area contributed by atoms with Crippen LogP contribution in [0.1, 0.15) is 24.5 Å². The van der Waals surface area contributed by atoms with E-state index in [2.05, 4.69) is 0 Å². The molecule has 104 valence electrons. The van der Waals surface area contributed by atoms with E-state index in [9.17, 15) is 14.4 Å². The second-order valence-corrected chi connectivity index (χ2v) is 4.89. The van der Waals surface area contributed by atoms with Gasteiger partial charge in [0.15, 0.2) is 0 Å². The molecule has 0 saturated carbocycles. The predicted molar refractivity (Wildman–Crippen MR) is 74.1 cm³/mol. The third kappa shape index (κ3) is 2.61. The van der Waals surface area contributed by atoms with Gasteiger partial charge in [-0.15, -0.1) is 0 Å². The van der Waals surface area contributed by atoms with Gasteiger partial charge < -0.3 is 5.11 Å². The number of anilines is 1. The fraction of sp³-hybridized carbons (Fsp3) is 0.267. The topological polar surface area (TPSA) is 74.7 Å². The van der Waals surface area contributed by atoms with Crippen molar-refractivity contribution < 1.29 is 19.5 Å². The third-order valence-corrected chi connectivity index (χ3v) is 3.30. The van der Waals surface area contributed by atoms with Crippen molar-refractivity contribution in [3.8, 4) is 0 Å². The number of aliphatic carboxylic acids is 1. The molecule has 0 radical (unpaired) electrons. The number of carbonyl (C=O) groups is 3. The van der Waals surface area contributed by atoms with Crippen LogP contribution < -0.4 is 4.90 Å². The fourth-order valence-electron chi connectivity index (χ4n) is 2.16. The molecule has 0 aromatic heterocycles. The van der Waals surface area contributed by atoms with Gasteiger partial charge in [0.2, 0.25) is 11.8 Å². The number of carbonyl (C=O) groups excluding carboxylic acids is 2. The lowest BCUT2D eigenvalue weighted by Gasteiger charge is -2.15. The highest BCUT2D eigenvalue weighted by atomic mass is 16.4. The van der Waals surface area contributed by atoms with Gasteiger partial charge in [-0.05, 0) is 36.3 Å². The summed E-state index contributed by atoms with van der Waals surface area (Å²) in [6.45, 7) is 3.56. The average molecular weight is 273 g/mol. The van der Waals surface area contributed by atoms with Gasteiger partial charge in [-0.3, -0.25) is 14.5 Å². The molecule has 1 unspecified atom stereocenters. The molecule has 1 aliphatic rings. The summed E-state index contributed by atoms with van der Waals surface area (Å²) in [5.41, 5.74) is 2.03. The lowest BCUT2D eigenvalue weighted by Crippen LogP contribution is -2.30. The highest BCUT2D eigenvalue weighted by Gasteiger charge is 2.36. The van der Waals surface area contributed by atoms with E-state index in [1.165, 1.54) is 11.0 Å². The van der Waals surface area contributed by atoms with E-state index in [0.717, 1.165) is 11.6 Å². The van der Waals surface area contributed by atoms with E-state index in [4.69, 9.17) is 5.11 Å². The van der Waals surface area contributed by atoms with Crippen LogP contribution in [-0.4, -0.2) is 22.9 Å². The van der Waals surface area contributed by atoms with Crippen LogP contribution in [-0.2, 0) is 14.4 Å². The number of hydrogen-bond acceptors (Lipinski definition) is 3. The SMILES string of the molecule is Cc1ccc(N2C(=O)CC(C)C2=O)cc1C=CC(=O)O. The molecule has 0 bridgehead atoms. The van der Waals surface area contributed by atoms with Gasteiger partial charge in [-0.2, -0.15) is 0 Å². The van der Waals surface area contributed by atoms with E-state index < -0.39 is 5.97 Å². The molecular formula is C15H15NO4. The Hall–Kier alpha value is -2.43. The van der Waals surface area contributed by atoms with Crippen LogP contribution in [0.3, 0.4) is 0 Å². The normalized spacial score (nSPS) is 19.1. The van der Waals surface area contributed by atoms with Crippen LogP contribution in [0.15, 0.2) is 24.3 Å². The van der Waals surface area contributed by atoms with Crippen molar-refractivity contribution in [3.05, 3.63) is 35.4 Å². The van der Waals surface area contributed by atoms with Crippen molar-refractivity contribution >= 4 is 29.5 Å². The Morgan fingerprint density at radius 2 is 2.10 bits per heavy atom. The maximum Gasteiger partial charge on any atom is 0.328 e. The minimum absolute atomic E-state index is 0.215. The maximum absolute atomic E-state index is 12.0. The van der Waals surface area contributed by atoms with Crippen LogP contribution in [0.4, 0.5) is 5.69 Å². The van der Waals surface area contributed by atoms with E-state index in [1.807, 2.05) is 6.92 Å². The minimum Gasteiger partial charge on any atom is -0.478 e. The quantitative estimate of drug-likeness (QED) is 0.675. The number of carboxylic acids is 1. The standard InChI is InChI=1S/C15H15NO4/c1-9-3-5-12(8-11(9)4-6-14(18)19)16-13(17)7-10(2)15(16)20/h3-6,8,10H,7H2,1-2H3,(H,18,19). The van der Waals surface area contributed by atoms with Crippen molar-refractivity contribution in [2.45, 2.75) is 20.3 Å². The van der Waals surface area contributed by atoms with Crippen molar-refractivity contribution in [1.29, 1.82) is 0 Å². The molecular weight excluding hydrogens is 258 g/mol. The summed E-state index contributed by atoms with van der Waals surface area (Å²) < 4.78 is 0. The second kappa shape index (κ2) is 5.28. The lowest BCUT2D eigenvalue weighted by molar-refractivity contribution is -0.131. The Morgan fingerprint density at radius 3 is 2.65 bits per heavy atom. The van der Waals surface area contributed by atoms with E-state index in [1.54, 1.807) is 25.1 Å². The van der Waals surface area contributed by atoms with Crippen LogP contribution in [0.25, 0.3) is 6.08 Å². The summed E-state index contributed by atoms with van der Waals surface area (Å²) in [6, 6.07) is 5.12. The second-order valence-electron chi connectivity index (χ2n) is 4.89. The van der Waals surface area contributed by atoms with Crippen molar-refractivity contribution in [3.63, 3.8) is 0 Å². The van der Waals surface area contributed by atoms with E-state index >= 15 is 0 Å². The molecule has 5 nitrogen and oxygen atoms in total. The number of aryl methyl sites for hydroxylation is 1. The zero-order chi connectivity index (χ0) is 14.9. The van der Waals surface area contributed by atoms with Gasteiger partial charge in [0, 0.05) is 18.4 Å². The van der Waals surface area contributed by atoms with Gasteiger partial charge in [-0.25, -0.2) is 4.79 Å². The highest BCUT2D eigenvalue weighted by Crippen LogP contribution is 2.28. The zero-order valence-corrected chi connectivity index (χ0v) is 11.3. The first-order valence-electron chi connectivity index (χ1n) is 6.28. The molecule has 2 amide bonds. The first-order valence-corrected chi connectivity index (χ1v) is 6.28. The third-order valence-electron chi connectivity index (χ3n) is 3.30. The number of nitrogens with zero attached hydrogens (tertiary/aromatic N) is 1. The Bertz CT molecular complexity index is 618. The first kappa shape index (κ1) is 14.0. The van der Waals surface area contributed by atoms with Gasteiger partial charge in [0.25, 0.3) is 0 Å². The minimum atomic E-state index is -1.04. The Kier molecular flexibility index (Phi) is 3.70. The summed E-state index contributed by atoms with van der Waals surface area (Å²) in [7, 11) is 0. The smallest absolute Gasteiger partial charge is 0.328 e. The molecule has 1 aromatic carbocycles. The van der Waals surface area contributed by atoms with E-state index in [0.29, 0.717) is 11.3 Å². The average Bonchev–Trinajstić information content (AvgIpc) is 2.63. The molecule has 2 rings (SSSR count). The number of hydrogen-bond donors (Lipinski definition) is 1. The van der Waals surface area contributed by atoms with Crippen molar-refractivity contribution in [2.24, 2.45) is 5.92 Å². The van der Waals surface area contributed by atoms with Gasteiger partial charge in [0.1, 0.15) is 0 Å². The van der Waals surface area contributed by atoms with Crippen LogP contribution in [0.2, 0.25) is 0 Å². The van der Waals surface area contributed by atoms with Gasteiger partial charge >= 0.3 is 5.97 Å². The zero-order valence-electron chi connectivity index (χ0n) is 11.3. The summed E-state index contributed by atoms with van der Waals surface area (Å²) in [6.07, 6.45) is 2.70. The Balaban J connectivity index is 2.39. The molecule has 1 aromatic rings. The number of amides is 2. The molecule has 1 aliphatic heterocycles. The molecule has 0 spiro atoms. The van der Waals surface area contributed by atoms with Gasteiger partial charge in [0.05, 0.1) is 5.69 Å². The van der Waals surface area contributed by atoms with Crippen LogP contribution in [0, 0.1) is 12.8 Å².